The molecule has 1 aliphatic heterocycles. The van der Waals surface area contributed by atoms with E-state index in [0.29, 0.717) is 16.8 Å². The third-order valence-corrected chi connectivity index (χ3v) is 5.07. The van der Waals surface area contributed by atoms with Crippen molar-refractivity contribution in [1.29, 1.82) is 0 Å². The van der Waals surface area contributed by atoms with Crippen LogP contribution in [0.15, 0.2) is 18.2 Å². The molecule has 0 saturated carbocycles. The number of aromatic nitrogens is 3. The zero-order valence-electron chi connectivity index (χ0n) is 16.1. The molecular weight excluding hydrogens is 384 g/mol. The maximum Gasteiger partial charge on any atom is 0.274 e. The van der Waals surface area contributed by atoms with Gasteiger partial charge in [0.05, 0.1) is 22.7 Å². The lowest BCUT2D eigenvalue weighted by molar-refractivity contribution is -0.385. The standard InChI is InChI=1S/C18H24N6O3.ClH/c1-11-4-5-14(10-16(11)24(26)27)12(2)20-18(25)17-13(3)23(22-21-17)15-6-8-19-9-7-15;/h4-5,10,12,15,19H,6-9H2,1-3H3,(H,20,25);1H. The molecule has 1 atom stereocenters. The first-order valence-electron chi connectivity index (χ1n) is 9.06. The summed E-state index contributed by atoms with van der Waals surface area (Å²) in [4.78, 5) is 23.4. The highest BCUT2D eigenvalue weighted by atomic mass is 35.5. The second-order valence-electron chi connectivity index (χ2n) is 6.95. The third-order valence-electron chi connectivity index (χ3n) is 5.07. The van der Waals surface area contributed by atoms with Gasteiger partial charge >= 0.3 is 0 Å². The van der Waals surface area contributed by atoms with Gasteiger partial charge < -0.3 is 10.6 Å². The quantitative estimate of drug-likeness (QED) is 0.580. The molecule has 0 radical (unpaired) electrons. The Morgan fingerprint density at radius 2 is 2.04 bits per heavy atom. The highest BCUT2D eigenvalue weighted by Crippen LogP contribution is 2.24. The van der Waals surface area contributed by atoms with Crippen molar-refractivity contribution < 1.29 is 9.72 Å². The predicted molar refractivity (Wildman–Crippen MR) is 107 cm³/mol. The zero-order valence-corrected chi connectivity index (χ0v) is 17.0. The minimum atomic E-state index is -0.415. The molecule has 1 fully saturated rings. The molecule has 28 heavy (non-hydrogen) atoms. The van der Waals surface area contributed by atoms with Crippen LogP contribution >= 0.6 is 12.4 Å². The average Bonchev–Trinajstić information content (AvgIpc) is 3.04. The van der Waals surface area contributed by atoms with Crippen molar-refractivity contribution in [2.45, 2.75) is 45.7 Å². The van der Waals surface area contributed by atoms with E-state index >= 15 is 0 Å². The van der Waals surface area contributed by atoms with Crippen LogP contribution in [0.1, 0.15) is 59.2 Å². The first-order valence-corrected chi connectivity index (χ1v) is 9.06. The van der Waals surface area contributed by atoms with Crippen LogP contribution in [0, 0.1) is 24.0 Å². The molecule has 0 aliphatic carbocycles. The molecule has 1 unspecified atom stereocenters. The molecule has 9 nitrogen and oxygen atoms in total. The number of hydrogen-bond acceptors (Lipinski definition) is 6. The van der Waals surface area contributed by atoms with Crippen molar-refractivity contribution in [3.8, 4) is 0 Å². The molecule has 2 aromatic rings. The maximum absolute atomic E-state index is 12.7. The number of piperidine rings is 1. The topological polar surface area (TPSA) is 115 Å². The lowest BCUT2D eigenvalue weighted by Gasteiger charge is -2.23. The lowest BCUT2D eigenvalue weighted by atomic mass is 10.0. The first kappa shape index (κ1) is 21.8. The number of carbonyl (C=O) groups excluding carboxylic acids is 1. The molecular formula is C18H25ClN6O3. The van der Waals surface area contributed by atoms with Gasteiger partial charge in [-0.25, -0.2) is 4.68 Å². The summed E-state index contributed by atoms with van der Waals surface area (Å²) >= 11 is 0. The molecule has 10 heteroatoms. The number of nitrogens with one attached hydrogen (secondary N) is 2. The molecule has 1 saturated heterocycles. The number of carbonyl (C=O) groups is 1. The lowest BCUT2D eigenvalue weighted by Crippen LogP contribution is -2.31. The van der Waals surface area contributed by atoms with Crippen LogP contribution < -0.4 is 10.6 Å². The van der Waals surface area contributed by atoms with Crippen LogP contribution in [0.2, 0.25) is 0 Å². The van der Waals surface area contributed by atoms with E-state index in [1.807, 2.05) is 11.6 Å². The molecule has 1 amide bonds. The van der Waals surface area contributed by atoms with E-state index in [2.05, 4.69) is 20.9 Å². The average molecular weight is 409 g/mol. The Bertz CT molecular complexity index is 863. The Labute approximate surface area is 169 Å². The minimum absolute atomic E-state index is 0. The van der Waals surface area contributed by atoms with E-state index < -0.39 is 4.92 Å². The van der Waals surface area contributed by atoms with Crippen LogP contribution in [0.4, 0.5) is 5.69 Å². The molecule has 1 aliphatic rings. The van der Waals surface area contributed by atoms with E-state index in [9.17, 15) is 14.9 Å². The van der Waals surface area contributed by atoms with Gasteiger partial charge in [-0.1, -0.05) is 17.3 Å². The highest BCUT2D eigenvalue weighted by molar-refractivity contribution is 5.93. The van der Waals surface area contributed by atoms with Crippen molar-refractivity contribution in [2.24, 2.45) is 0 Å². The van der Waals surface area contributed by atoms with Gasteiger partial charge in [0.15, 0.2) is 5.69 Å². The van der Waals surface area contributed by atoms with E-state index in [-0.39, 0.29) is 36.1 Å². The van der Waals surface area contributed by atoms with E-state index in [1.165, 1.54) is 6.07 Å². The predicted octanol–water partition coefficient (Wildman–Crippen LogP) is 2.64. The van der Waals surface area contributed by atoms with E-state index in [4.69, 9.17) is 0 Å². The highest BCUT2D eigenvalue weighted by Gasteiger charge is 2.24. The van der Waals surface area contributed by atoms with Crippen molar-refractivity contribution in [1.82, 2.24) is 25.6 Å². The van der Waals surface area contributed by atoms with Crippen LogP contribution in [-0.4, -0.2) is 38.9 Å². The second-order valence-corrected chi connectivity index (χ2v) is 6.95. The molecule has 1 aromatic carbocycles. The van der Waals surface area contributed by atoms with Gasteiger partial charge in [0.25, 0.3) is 11.6 Å². The molecule has 2 heterocycles. The number of benzene rings is 1. The van der Waals surface area contributed by atoms with Crippen molar-refractivity contribution in [2.75, 3.05) is 13.1 Å². The number of aryl methyl sites for hydroxylation is 1. The number of nitro benzene ring substituents is 1. The summed E-state index contributed by atoms with van der Waals surface area (Å²) in [5.41, 5.74) is 2.33. The molecule has 0 spiro atoms. The fourth-order valence-electron chi connectivity index (χ4n) is 3.39. The summed E-state index contributed by atoms with van der Waals surface area (Å²) in [5.74, 6) is -0.330. The molecule has 3 rings (SSSR count). The molecule has 2 N–H and O–H groups in total. The Morgan fingerprint density at radius 1 is 1.36 bits per heavy atom. The summed E-state index contributed by atoms with van der Waals surface area (Å²) in [5, 5.41) is 25.5. The van der Waals surface area contributed by atoms with Crippen molar-refractivity contribution >= 4 is 24.0 Å². The number of amides is 1. The van der Waals surface area contributed by atoms with Crippen LogP contribution in [-0.2, 0) is 0 Å². The largest absolute Gasteiger partial charge is 0.344 e. The Morgan fingerprint density at radius 3 is 2.68 bits per heavy atom. The molecule has 152 valence electrons. The number of nitrogens with zero attached hydrogens (tertiary/aromatic N) is 4. The van der Waals surface area contributed by atoms with Crippen LogP contribution in [0.3, 0.4) is 0 Å². The maximum atomic E-state index is 12.7. The fourth-order valence-corrected chi connectivity index (χ4v) is 3.39. The van der Waals surface area contributed by atoms with Gasteiger partial charge in [0, 0.05) is 11.6 Å². The van der Waals surface area contributed by atoms with Crippen molar-refractivity contribution in [3.05, 3.63) is 50.8 Å². The number of rotatable bonds is 5. The van der Waals surface area contributed by atoms with Gasteiger partial charge in [-0.3, -0.25) is 14.9 Å². The van der Waals surface area contributed by atoms with E-state index in [1.54, 1.807) is 26.0 Å². The summed E-state index contributed by atoms with van der Waals surface area (Å²) < 4.78 is 1.83. The normalized spacial score (nSPS) is 15.5. The first-order chi connectivity index (χ1) is 12.9. The third kappa shape index (κ3) is 4.48. The fraction of sp³-hybridized carbons (Fsp3) is 0.500. The Kier molecular flexibility index (Phi) is 7.09. The summed E-state index contributed by atoms with van der Waals surface area (Å²) in [6, 6.07) is 4.83. The number of halogens is 1. The molecule has 1 aromatic heterocycles. The minimum Gasteiger partial charge on any atom is -0.344 e. The van der Waals surface area contributed by atoms with Crippen LogP contribution in [0.5, 0.6) is 0 Å². The van der Waals surface area contributed by atoms with E-state index in [0.717, 1.165) is 31.6 Å². The zero-order chi connectivity index (χ0) is 19.6. The van der Waals surface area contributed by atoms with Gasteiger partial charge in [-0.2, -0.15) is 0 Å². The number of hydrogen-bond donors (Lipinski definition) is 2. The summed E-state index contributed by atoms with van der Waals surface area (Å²) in [6.45, 7) is 7.17. The van der Waals surface area contributed by atoms with Gasteiger partial charge in [0.2, 0.25) is 0 Å². The summed E-state index contributed by atoms with van der Waals surface area (Å²) in [6.07, 6.45) is 1.91. The smallest absolute Gasteiger partial charge is 0.274 e. The summed E-state index contributed by atoms with van der Waals surface area (Å²) in [7, 11) is 0. The van der Waals surface area contributed by atoms with Gasteiger partial charge in [-0.05, 0) is 52.3 Å². The monoisotopic (exact) mass is 408 g/mol. The Balaban J connectivity index is 0.00000280. The Hall–Kier alpha value is -2.52. The SMILES string of the molecule is Cc1ccc(C(C)NC(=O)c2nnn(C3CCNCC3)c2C)cc1[N+](=O)[O-].Cl. The van der Waals surface area contributed by atoms with Crippen molar-refractivity contribution in [3.63, 3.8) is 0 Å². The number of nitro groups is 1. The second kappa shape index (κ2) is 9.11. The van der Waals surface area contributed by atoms with Gasteiger partial charge in [0.1, 0.15) is 0 Å². The molecule has 0 bridgehead atoms. The van der Waals surface area contributed by atoms with Crippen LogP contribution in [0.25, 0.3) is 0 Å². The van der Waals surface area contributed by atoms with Gasteiger partial charge in [-0.15, -0.1) is 17.5 Å².